The van der Waals surface area contributed by atoms with Crippen molar-refractivity contribution in [2.75, 3.05) is 4.90 Å². The van der Waals surface area contributed by atoms with Gasteiger partial charge in [0.2, 0.25) is 0 Å². The van der Waals surface area contributed by atoms with Crippen LogP contribution in [0.25, 0.3) is 27.5 Å². The zero-order valence-electron chi connectivity index (χ0n) is 25.9. The third-order valence-corrected chi connectivity index (χ3v) is 15.0. The summed E-state index contributed by atoms with van der Waals surface area (Å²) in [4.78, 5) is 2.41. The molecule has 0 saturated heterocycles. The maximum Gasteiger partial charge on any atom is 0.184 e. The van der Waals surface area contributed by atoms with Crippen molar-refractivity contribution in [2.45, 2.75) is 6.92 Å². The molecule has 2 nitrogen and oxygen atoms in total. The number of aryl methyl sites for hydroxylation is 1. The largest absolute Gasteiger partial charge is 0.309 e. The zero-order chi connectivity index (χ0) is 31.5. The molecular weight excluding hydrogens is 608 g/mol. The monoisotopic (exact) mass is 638 g/mol. The van der Waals surface area contributed by atoms with E-state index in [2.05, 4.69) is 186 Å². The minimum absolute atomic E-state index is 0.723. The van der Waals surface area contributed by atoms with Crippen LogP contribution in [0.5, 0.6) is 0 Å². The summed E-state index contributed by atoms with van der Waals surface area (Å²) in [6.07, 6.45) is 0. The topological polar surface area (TPSA) is 8.17 Å². The van der Waals surface area contributed by atoms with Crippen molar-refractivity contribution in [2.24, 2.45) is 0 Å². The highest BCUT2D eigenvalue weighted by atomic mass is 35.5. The van der Waals surface area contributed by atoms with Crippen molar-refractivity contribution in [3.05, 3.63) is 180 Å². The molecule has 0 saturated carbocycles. The Balaban J connectivity index is 1.37. The number of aromatic nitrogens is 1. The van der Waals surface area contributed by atoms with E-state index in [1.807, 2.05) is 0 Å². The van der Waals surface area contributed by atoms with Crippen molar-refractivity contribution in [3.8, 4) is 5.69 Å². The predicted octanol–water partition coefficient (Wildman–Crippen LogP) is 8.91. The van der Waals surface area contributed by atoms with Crippen LogP contribution in [0.3, 0.4) is 0 Å². The fraction of sp³-hybridized carbons (Fsp3) is 0.0233. The number of rotatable bonds is 4. The van der Waals surface area contributed by atoms with E-state index in [1.165, 1.54) is 42.9 Å². The standard InChI is InChI=1S/C43H31ClN2Si/c1-30-28-39(45-35-22-10-8-20-33(35)34-21-9-11-23-36(34)45)43(44)40(29-30)46-37-24-12-14-26-41(37)47(31-16-4-2-5-17-31,32-18-6-3-7-19-32)42-27-15-13-25-38(42)46/h2-29H,1H3. The number of para-hydroxylation sites is 4. The molecule has 1 aromatic heterocycles. The van der Waals surface area contributed by atoms with Crippen molar-refractivity contribution in [1.82, 2.24) is 4.57 Å². The smallest absolute Gasteiger partial charge is 0.184 e. The zero-order valence-corrected chi connectivity index (χ0v) is 27.7. The lowest BCUT2D eigenvalue weighted by atomic mass is 10.1. The van der Waals surface area contributed by atoms with Crippen molar-refractivity contribution < 1.29 is 0 Å². The quantitative estimate of drug-likeness (QED) is 0.175. The van der Waals surface area contributed by atoms with E-state index < -0.39 is 8.07 Å². The summed E-state index contributed by atoms with van der Waals surface area (Å²) in [6, 6.07) is 61.9. The molecule has 0 aliphatic carbocycles. The Labute approximate surface area is 280 Å². The van der Waals surface area contributed by atoms with Crippen LogP contribution in [0.15, 0.2) is 170 Å². The SMILES string of the molecule is Cc1cc(N2c3ccccc3[Si](c3ccccc3)(c3ccccc3)c3ccccc32)c(Cl)c(-n2c3ccccc3c3ccccc32)c1. The molecule has 4 heteroatoms. The van der Waals surface area contributed by atoms with Gasteiger partial charge in [0.25, 0.3) is 0 Å². The number of halogens is 1. The highest BCUT2D eigenvalue weighted by Crippen LogP contribution is 2.45. The van der Waals surface area contributed by atoms with Gasteiger partial charge in [-0.05, 0) is 69.6 Å². The van der Waals surface area contributed by atoms with Crippen molar-refractivity contribution in [3.63, 3.8) is 0 Å². The fourth-order valence-corrected chi connectivity index (χ4v) is 13.3. The van der Waals surface area contributed by atoms with Gasteiger partial charge in [-0.2, -0.15) is 0 Å². The molecule has 9 rings (SSSR count). The van der Waals surface area contributed by atoms with Gasteiger partial charge in [0.05, 0.1) is 27.4 Å². The average molecular weight is 639 g/mol. The molecule has 0 unspecified atom stereocenters. The third kappa shape index (κ3) is 4.04. The summed E-state index contributed by atoms with van der Waals surface area (Å²) in [6.45, 7) is 2.17. The normalized spacial score (nSPS) is 13.4. The summed E-state index contributed by atoms with van der Waals surface area (Å²) in [5, 5.41) is 8.60. The Morgan fingerprint density at radius 2 is 0.872 bits per heavy atom. The number of benzene rings is 7. The molecule has 1 aliphatic heterocycles. The molecule has 0 fully saturated rings. The molecule has 224 valence electrons. The molecule has 8 aromatic rings. The van der Waals surface area contributed by atoms with E-state index in [4.69, 9.17) is 11.6 Å². The van der Waals surface area contributed by atoms with Crippen molar-refractivity contribution >= 4 is 79.3 Å². The average Bonchev–Trinajstić information content (AvgIpc) is 3.46. The molecular formula is C43H31ClN2Si. The van der Waals surface area contributed by atoms with Crippen LogP contribution in [0.2, 0.25) is 5.02 Å². The van der Waals surface area contributed by atoms with Crippen LogP contribution < -0.4 is 25.6 Å². The first kappa shape index (κ1) is 27.9. The number of hydrogen-bond acceptors (Lipinski definition) is 1. The van der Waals surface area contributed by atoms with Gasteiger partial charge in [0.1, 0.15) is 0 Å². The van der Waals surface area contributed by atoms with E-state index in [9.17, 15) is 0 Å². The van der Waals surface area contributed by atoms with Gasteiger partial charge in [0.15, 0.2) is 8.07 Å². The van der Waals surface area contributed by atoms with Gasteiger partial charge in [-0.1, -0.05) is 145 Å². The third-order valence-electron chi connectivity index (χ3n) is 9.75. The lowest BCUT2D eigenvalue weighted by molar-refractivity contribution is 1.16. The minimum atomic E-state index is -2.71. The molecule has 1 aliphatic rings. The molecule has 7 aromatic carbocycles. The first-order valence-electron chi connectivity index (χ1n) is 16.1. The molecule has 0 spiro atoms. The van der Waals surface area contributed by atoms with E-state index >= 15 is 0 Å². The minimum Gasteiger partial charge on any atom is -0.309 e. The summed E-state index contributed by atoms with van der Waals surface area (Å²) >= 11 is 7.69. The summed E-state index contributed by atoms with van der Waals surface area (Å²) < 4.78 is 2.33. The number of hydrogen-bond donors (Lipinski definition) is 0. The maximum atomic E-state index is 7.69. The molecule has 0 bridgehead atoms. The summed E-state index contributed by atoms with van der Waals surface area (Å²) in [5.74, 6) is 0. The van der Waals surface area contributed by atoms with E-state index in [-0.39, 0.29) is 0 Å². The number of anilines is 3. The molecule has 0 N–H and O–H groups in total. The van der Waals surface area contributed by atoms with Gasteiger partial charge >= 0.3 is 0 Å². The Morgan fingerprint density at radius 1 is 0.447 bits per heavy atom. The first-order valence-corrected chi connectivity index (χ1v) is 18.4. The second-order valence-electron chi connectivity index (χ2n) is 12.3. The molecule has 2 heterocycles. The lowest BCUT2D eigenvalue weighted by Crippen LogP contribution is -2.77. The van der Waals surface area contributed by atoms with Gasteiger partial charge in [-0.3, -0.25) is 0 Å². The molecule has 0 radical (unpaired) electrons. The van der Waals surface area contributed by atoms with Crippen LogP contribution in [-0.2, 0) is 0 Å². The second kappa shape index (κ2) is 10.9. The lowest BCUT2D eigenvalue weighted by Gasteiger charge is -2.45. The molecule has 0 amide bonds. The number of fused-ring (bicyclic) bond motifs is 5. The van der Waals surface area contributed by atoms with Gasteiger partial charge in [-0.25, -0.2) is 0 Å². The predicted molar refractivity (Wildman–Crippen MR) is 202 cm³/mol. The van der Waals surface area contributed by atoms with Crippen LogP contribution in [0, 0.1) is 6.92 Å². The molecule has 0 atom stereocenters. The van der Waals surface area contributed by atoms with Gasteiger partial charge in [0, 0.05) is 22.1 Å². The van der Waals surface area contributed by atoms with Crippen LogP contribution in [0.4, 0.5) is 17.1 Å². The van der Waals surface area contributed by atoms with Crippen LogP contribution in [-0.4, -0.2) is 12.6 Å². The Bertz CT molecular complexity index is 2310. The Hall–Kier alpha value is -5.35. The van der Waals surface area contributed by atoms with E-state index in [0.29, 0.717) is 0 Å². The first-order chi connectivity index (χ1) is 23.2. The fourth-order valence-electron chi connectivity index (χ4n) is 7.91. The summed E-state index contributed by atoms with van der Waals surface area (Å²) in [5.41, 5.74) is 7.74. The highest BCUT2D eigenvalue weighted by Gasteiger charge is 2.48. The van der Waals surface area contributed by atoms with Crippen LogP contribution in [0.1, 0.15) is 5.56 Å². The Kier molecular flexibility index (Phi) is 6.46. The maximum absolute atomic E-state index is 7.69. The Morgan fingerprint density at radius 3 is 1.40 bits per heavy atom. The van der Waals surface area contributed by atoms with E-state index in [1.54, 1.807) is 0 Å². The second-order valence-corrected chi connectivity index (χ2v) is 16.4. The van der Waals surface area contributed by atoms with E-state index in [0.717, 1.165) is 33.0 Å². The summed E-state index contributed by atoms with van der Waals surface area (Å²) in [7, 11) is -2.71. The van der Waals surface area contributed by atoms with Gasteiger partial charge in [-0.15, -0.1) is 0 Å². The highest BCUT2D eigenvalue weighted by molar-refractivity contribution is 7.21. The molecule has 47 heavy (non-hydrogen) atoms. The van der Waals surface area contributed by atoms with Gasteiger partial charge < -0.3 is 9.47 Å². The number of nitrogens with zero attached hydrogens (tertiary/aromatic N) is 2. The van der Waals surface area contributed by atoms with Crippen molar-refractivity contribution in [1.29, 1.82) is 0 Å². The van der Waals surface area contributed by atoms with Crippen LogP contribution >= 0.6 is 11.6 Å².